The van der Waals surface area contributed by atoms with Crippen LogP contribution in [0.2, 0.25) is 0 Å². The Hall–Kier alpha value is -1.62. The minimum Gasteiger partial charge on any atom is -0.369 e. The highest BCUT2D eigenvalue weighted by Crippen LogP contribution is 2.23. The summed E-state index contributed by atoms with van der Waals surface area (Å²) in [4.78, 5) is 11.0. The van der Waals surface area contributed by atoms with Gasteiger partial charge in [0.2, 0.25) is 0 Å². The van der Waals surface area contributed by atoms with Crippen LogP contribution in [0.25, 0.3) is 0 Å². The van der Waals surface area contributed by atoms with Crippen LogP contribution in [-0.4, -0.2) is 29.1 Å². The van der Waals surface area contributed by atoms with Crippen molar-refractivity contribution in [2.45, 2.75) is 19.4 Å². The van der Waals surface area contributed by atoms with Crippen LogP contribution in [0.3, 0.4) is 0 Å². The van der Waals surface area contributed by atoms with Crippen molar-refractivity contribution in [2.75, 3.05) is 23.3 Å². The number of nitrogens with one attached hydrogen (secondary N) is 1. The van der Waals surface area contributed by atoms with Gasteiger partial charge in [-0.1, -0.05) is 15.9 Å². The highest BCUT2D eigenvalue weighted by molar-refractivity contribution is 9.10. The van der Waals surface area contributed by atoms with Crippen molar-refractivity contribution < 1.29 is 0 Å². The molecule has 2 aromatic rings. The highest BCUT2D eigenvalue weighted by Gasteiger charge is 2.22. The second-order valence-electron chi connectivity index (χ2n) is 5.10. The Morgan fingerprint density at radius 1 is 1.25 bits per heavy atom. The normalized spacial score (nSPS) is 18.3. The summed E-state index contributed by atoms with van der Waals surface area (Å²) in [5.41, 5.74) is 2.21. The van der Waals surface area contributed by atoms with Crippen molar-refractivity contribution in [3.63, 3.8) is 0 Å². The predicted octanol–water partition coefficient (Wildman–Crippen LogP) is 3.24. The van der Waals surface area contributed by atoms with Crippen LogP contribution < -0.4 is 10.2 Å². The number of halogens is 1. The molecule has 2 heterocycles. The molecule has 0 bridgehead atoms. The topological polar surface area (TPSA) is 41.1 Å². The first kappa shape index (κ1) is 13.4. The molecule has 1 aromatic carbocycles. The Balaban J connectivity index is 1.63. The lowest BCUT2D eigenvalue weighted by Gasteiger charge is -2.19. The summed E-state index contributed by atoms with van der Waals surface area (Å²) in [6.45, 7) is 4.02. The SMILES string of the molecule is Cc1cncc(NC2CCN(c3ccc(Br)cc3)C2)n1. The molecule has 3 rings (SSSR count). The monoisotopic (exact) mass is 332 g/mol. The summed E-state index contributed by atoms with van der Waals surface area (Å²) >= 11 is 3.47. The molecular weight excluding hydrogens is 316 g/mol. The number of hydrogen-bond donors (Lipinski definition) is 1. The van der Waals surface area contributed by atoms with Crippen LogP contribution in [0, 0.1) is 6.92 Å². The van der Waals surface area contributed by atoms with E-state index < -0.39 is 0 Å². The average molecular weight is 333 g/mol. The van der Waals surface area contributed by atoms with Gasteiger partial charge >= 0.3 is 0 Å². The minimum atomic E-state index is 0.426. The fourth-order valence-electron chi connectivity index (χ4n) is 2.51. The van der Waals surface area contributed by atoms with E-state index in [0.29, 0.717) is 6.04 Å². The molecular formula is C15H17BrN4. The zero-order valence-electron chi connectivity index (χ0n) is 11.4. The van der Waals surface area contributed by atoms with E-state index in [4.69, 9.17) is 0 Å². The molecule has 0 amide bonds. The van der Waals surface area contributed by atoms with E-state index in [9.17, 15) is 0 Å². The Labute approximate surface area is 127 Å². The van der Waals surface area contributed by atoms with E-state index in [2.05, 4.69) is 60.4 Å². The molecule has 1 aliphatic heterocycles. The number of aromatic nitrogens is 2. The van der Waals surface area contributed by atoms with Crippen LogP contribution in [0.15, 0.2) is 41.1 Å². The fourth-order valence-corrected chi connectivity index (χ4v) is 2.77. The third kappa shape index (κ3) is 3.10. The van der Waals surface area contributed by atoms with Crippen molar-refractivity contribution in [1.29, 1.82) is 0 Å². The molecule has 0 aliphatic carbocycles. The summed E-state index contributed by atoms with van der Waals surface area (Å²) in [7, 11) is 0. The van der Waals surface area contributed by atoms with Gasteiger partial charge in [0.25, 0.3) is 0 Å². The van der Waals surface area contributed by atoms with Gasteiger partial charge in [-0.15, -0.1) is 0 Å². The Bertz CT molecular complexity index is 585. The van der Waals surface area contributed by atoms with Crippen LogP contribution >= 0.6 is 15.9 Å². The summed E-state index contributed by atoms with van der Waals surface area (Å²) in [6, 6.07) is 8.90. The average Bonchev–Trinajstić information content (AvgIpc) is 2.88. The van der Waals surface area contributed by atoms with Gasteiger partial charge in [0.15, 0.2) is 0 Å². The van der Waals surface area contributed by atoms with Gasteiger partial charge < -0.3 is 10.2 Å². The maximum Gasteiger partial charge on any atom is 0.145 e. The third-order valence-electron chi connectivity index (χ3n) is 3.49. The zero-order valence-corrected chi connectivity index (χ0v) is 13.0. The lowest BCUT2D eigenvalue weighted by Crippen LogP contribution is -2.26. The summed E-state index contributed by atoms with van der Waals surface area (Å²) in [5, 5.41) is 3.47. The van der Waals surface area contributed by atoms with Crippen molar-refractivity contribution in [3.8, 4) is 0 Å². The van der Waals surface area contributed by atoms with E-state index >= 15 is 0 Å². The second kappa shape index (κ2) is 5.79. The molecule has 1 aliphatic rings. The van der Waals surface area contributed by atoms with Crippen LogP contribution in [0.4, 0.5) is 11.5 Å². The first-order valence-corrected chi connectivity index (χ1v) is 7.56. The van der Waals surface area contributed by atoms with Gasteiger partial charge in [0.05, 0.1) is 11.9 Å². The largest absolute Gasteiger partial charge is 0.369 e. The highest BCUT2D eigenvalue weighted by atomic mass is 79.9. The van der Waals surface area contributed by atoms with Gasteiger partial charge in [0.1, 0.15) is 5.82 Å². The van der Waals surface area contributed by atoms with Gasteiger partial charge in [-0.25, -0.2) is 4.98 Å². The molecule has 0 saturated carbocycles. The molecule has 4 nitrogen and oxygen atoms in total. The number of hydrogen-bond acceptors (Lipinski definition) is 4. The number of rotatable bonds is 3. The fraction of sp³-hybridized carbons (Fsp3) is 0.333. The summed E-state index contributed by atoms with van der Waals surface area (Å²) in [6.07, 6.45) is 4.68. The maximum absolute atomic E-state index is 4.45. The smallest absolute Gasteiger partial charge is 0.145 e. The van der Waals surface area contributed by atoms with Crippen molar-refractivity contribution in [1.82, 2.24) is 9.97 Å². The standard InChI is InChI=1S/C15H17BrN4/c1-11-8-17-9-15(18-11)19-13-6-7-20(10-13)14-4-2-12(16)3-5-14/h2-5,8-9,13H,6-7,10H2,1H3,(H,18,19). The van der Waals surface area contributed by atoms with Crippen LogP contribution in [0.1, 0.15) is 12.1 Å². The molecule has 1 aromatic heterocycles. The summed E-state index contributed by atoms with van der Waals surface area (Å²) in [5.74, 6) is 0.868. The molecule has 5 heteroatoms. The van der Waals surface area contributed by atoms with E-state index in [1.54, 1.807) is 12.4 Å². The summed E-state index contributed by atoms with van der Waals surface area (Å²) < 4.78 is 1.12. The van der Waals surface area contributed by atoms with Crippen LogP contribution in [-0.2, 0) is 0 Å². The van der Waals surface area contributed by atoms with E-state index in [0.717, 1.165) is 35.5 Å². The first-order valence-electron chi connectivity index (χ1n) is 6.76. The molecule has 20 heavy (non-hydrogen) atoms. The number of nitrogens with zero attached hydrogens (tertiary/aromatic N) is 3. The Morgan fingerprint density at radius 3 is 2.80 bits per heavy atom. The number of aryl methyl sites for hydroxylation is 1. The number of benzene rings is 1. The predicted molar refractivity (Wildman–Crippen MR) is 85.2 cm³/mol. The van der Waals surface area contributed by atoms with Crippen LogP contribution in [0.5, 0.6) is 0 Å². The minimum absolute atomic E-state index is 0.426. The first-order chi connectivity index (χ1) is 9.70. The third-order valence-corrected chi connectivity index (χ3v) is 4.02. The maximum atomic E-state index is 4.45. The lowest BCUT2D eigenvalue weighted by atomic mass is 10.2. The zero-order chi connectivity index (χ0) is 13.9. The Morgan fingerprint density at radius 2 is 2.05 bits per heavy atom. The van der Waals surface area contributed by atoms with E-state index in [-0.39, 0.29) is 0 Å². The molecule has 104 valence electrons. The molecule has 1 saturated heterocycles. The second-order valence-corrected chi connectivity index (χ2v) is 6.01. The van der Waals surface area contributed by atoms with Gasteiger partial charge in [-0.2, -0.15) is 0 Å². The quantitative estimate of drug-likeness (QED) is 0.936. The van der Waals surface area contributed by atoms with Crippen molar-refractivity contribution >= 4 is 27.4 Å². The van der Waals surface area contributed by atoms with Crippen molar-refractivity contribution in [3.05, 3.63) is 46.8 Å². The lowest BCUT2D eigenvalue weighted by molar-refractivity contribution is 0.797. The molecule has 1 atom stereocenters. The van der Waals surface area contributed by atoms with Gasteiger partial charge in [0, 0.05) is 35.5 Å². The van der Waals surface area contributed by atoms with E-state index in [1.165, 1.54) is 5.69 Å². The molecule has 0 radical (unpaired) electrons. The van der Waals surface area contributed by atoms with Gasteiger partial charge in [-0.3, -0.25) is 4.98 Å². The molecule has 1 fully saturated rings. The molecule has 1 N–H and O–H groups in total. The number of anilines is 2. The molecule has 0 spiro atoms. The molecule has 1 unspecified atom stereocenters. The van der Waals surface area contributed by atoms with Crippen molar-refractivity contribution in [2.24, 2.45) is 0 Å². The van der Waals surface area contributed by atoms with E-state index in [1.807, 2.05) is 6.92 Å². The Kier molecular flexibility index (Phi) is 3.87. The van der Waals surface area contributed by atoms with Gasteiger partial charge in [-0.05, 0) is 37.6 Å².